The maximum atomic E-state index is 12.8. The molecule has 2 aliphatic heterocycles. The molecule has 37 heavy (non-hydrogen) atoms. The van der Waals surface area contributed by atoms with Crippen LogP contribution in [0.2, 0.25) is 0 Å². The van der Waals surface area contributed by atoms with E-state index in [2.05, 4.69) is 54.5 Å². The van der Waals surface area contributed by atoms with Gasteiger partial charge in [0.25, 0.3) is 5.91 Å². The number of nitrogens with one attached hydrogen (secondary N) is 2. The second-order valence-electron chi connectivity index (χ2n) is 9.55. The molecule has 2 aliphatic rings. The van der Waals surface area contributed by atoms with Crippen molar-refractivity contribution in [1.82, 2.24) is 20.4 Å². The van der Waals surface area contributed by atoms with Crippen molar-refractivity contribution in [2.75, 3.05) is 41.3 Å². The fraction of sp³-hybridized carbons (Fsp3) is 0.500. The number of carbonyl (C=O) groups excluding carboxylic acids is 1. The van der Waals surface area contributed by atoms with Crippen molar-refractivity contribution in [3.63, 3.8) is 0 Å². The molecule has 1 amide bonds. The molecular weight excluding hydrogens is 468 g/mol. The Morgan fingerprint density at radius 2 is 1.68 bits per heavy atom. The zero-order valence-electron chi connectivity index (χ0n) is 21.2. The van der Waals surface area contributed by atoms with Crippen molar-refractivity contribution < 1.29 is 4.79 Å². The highest BCUT2D eigenvalue weighted by atomic mass is 16.2. The van der Waals surface area contributed by atoms with E-state index in [0.717, 1.165) is 57.7 Å². The highest BCUT2D eigenvalue weighted by molar-refractivity contribution is 6.00. The Morgan fingerprint density at radius 3 is 2.22 bits per heavy atom. The van der Waals surface area contributed by atoms with Gasteiger partial charge in [0.1, 0.15) is 17.2 Å². The largest absolute Gasteiger partial charge is 0.357 e. The first-order valence-corrected chi connectivity index (χ1v) is 12.6. The van der Waals surface area contributed by atoms with Gasteiger partial charge in [-0.05, 0) is 56.6 Å². The number of carbonyl (C=O) groups is 1. The second-order valence-corrected chi connectivity index (χ2v) is 9.55. The van der Waals surface area contributed by atoms with Gasteiger partial charge < -0.3 is 15.1 Å². The molecule has 4 rings (SSSR count). The minimum atomic E-state index is -0.445. The number of nitriles is 2. The molecule has 0 atom stereocenters. The Morgan fingerprint density at radius 1 is 1.05 bits per heavy atom. The molecule has 2 saturated heterocycles. The van der Waals surface area contributed by atoms with Gasteiger partial charge in [0.05, 0.1) is 29.7 Å². The lowest BCUT2D eigenvalue weighted by Gasteiger charge is -2.32. The molecule has 0 saturated carbocycles. The SMILES string of the molecule is C=NNC(=O)c1c(C)nc(N2CCC(CC#N)CC2)nc1Nc1ccc(N2CCC(CC#N)CC2)nc1. The summed E-state index contributed by atoms with van der Waals surface area (Å²) in [4.78, 5) is 31.0. The molecule has 2 aromatic heterocycles. The normalized spacial score (nSPS) is 16.5. The van der Waals surface area contributed by atoms with E-state index in [4.69, 9.17) is 15.5 Å². The van der Waals surface area contributed by atoms with Crippen LogP contribution in [-0.2, 0) is 0 Å². The topological polar surface area (TPSA) is 146 Å². The van der Waals surface area contributed by atoms with E-state index in [1.807, 2.05) is 12.1 Å². The van der Waals surface area contributed by atoms with Crippen LogP contribution in [0, 0.1) is 41.4 Å². The average Bonchev–Trinajstić information content (AvgIpc) is 2.90. The van der Waals surface area contributed by atoms with Gasteiger partial charge in [-0.25, -0.2) is 15.4 Å². The minimum absolute atomic E-state index is 0.291. The number of nitrogens with zero attached hydrogens (tertiary/aromatic N) is 8. The lowest BCUT2D eigenvalue weighted by molar-refractivity contribution is 0.0955. The van der Waals surface area contributed by atoms with Crippen LogP contribution >= 0.6 is 0 Å². The number of rotatable bonds is 8. The standard InChI is InChI=1S/C26H32N10O/c1-18-23(25(37)34-29-2)24(33-26(31-18)36-15-9-20(6-12-28)10-16-36)32-21-3-4-22(30-17-21)35-13-7-19(5-11-27)8-14-35/h3-4,17,19-20H,2,5-10,13-16H2,1H3,(H,34,37)(H,31,32,33). The summed E-state index contributed by atoms with van der Waals surface area (Å²) in [7, 11) is 0. The lowest BCUT2D eigenvalue weighted by Crippen LogP contribution is -2.35. The third-order valence-corrected chi connectivity index (χ3v) is 7.09. The Bertz CT molecular complexity index is 1180. The molecule has 0 bridgehead atoms. The fourth-order valence-electron chi connectivity index (χ4n) is 4.93. The van der Waals surface area contributed by atoms with Crippen molar-refractivity contribution in [2.45, 2.75) is 45.4 Å². The second kappa shape index (κ2) is 12.1. The first-order valence-electron chi connectivity index (χ1n) is 12.6. The Balaban J connectivity index is 1.52. The van der Waals surface area contributed by atoms with Crippen LogP contribution in [-0.4, -0.2) is 53.8 Å². The van der Waals surface area contributed by atoms with Gasteiger partial charge >= 0.3 is 0 Å². The van der Waals surface area contributed by atoms with Gasteiger partial charge in [-0.1, -0.05) is 0 Å². The predicted octanol–water partition coefficient (Wildman–Crippen LogP) is 3.53. The van der Waals surface area contributed by atoms with E-state index in [1.165, 1.54) is 0 Å². The van der Waals surface area contributed by atoms with E-state index < -0.39 is 5.91 Å². The number of hydrazone groups is 1. The minimum Gasteiger partial charge on any atom is -0.357 e. The maximum Gasteiger partial charge on any atom is 0.276 e. The summed E-state index contributed by atoms with van der Waals surface area (Å²) in [5.41, 5.74) is 3.89. The number of aromatic nitrogens is 3. The molecule has 0 aromatic carbocycles. The molecule has 11 heteroatoms. The molecule has 0 spiro atoms. The number of piperidine rings is 2. The number of aryl methyl sites for hydroxylation is 1. The molecule has 0 aliphatic carbocycles. The molecule has 2 N–H and O–H groups in total. The van der Waals surface area contributed by atoms with Gasteiger partial charge in [0.15, 0.2) is 0 Å². The molecule has 11 nitrogen and oxygen atoms in total. The quantitative estimate of drug-likeness (QED) is 0.410. The van der Waals surface area contributed by atoms with Crippen molar-refractivity contribution in [2.24, 2.45) is 16.9 Å². The van der Waals surface area contributed by atoms with E-state index in [-0.39, 0.29) is 0 Å². The van der Waals surface area contributed by atoms with Crippen molar-refractivity contribution in [1.29, 1.82) is 10.5 Å². The van der Waals surface area contributed by atoms with Crippen LogP contribution in [0.1, 0.15) is 54.6 Å². The van der Waals surface area contributed by atoms with Crippen molar-refractivity contribution >= 4 is 35.9 Å². The first-order chi connectivity index (χ1) is 18.0. The Labute approximate surface area is 217 Å². The molecular formula is C26H32N10O. The molecule has 2 fully saturated rings. The van der Waals surface area contributed by atoms with Gasteiger partial charge in [-0.3, -0.25) is 4.79 Å². The number of pyridine rings is 1. The zero-order chi connectivity index (χ0) is 26.2. The number of hydrogen-bond donors (Lipinski definition) is 2. The van der Waals surface area contributed by atoms with Crippen LogP contribution in [0.15, 0.2) is 23.4 Å². The first kappa shape index (κ1) is 25.8. The van der Waals surface area contributed by atoms with Gasteiger partial charge in [0, 0.05) is 45.7 Å². The third kappa shape index (κ3) is 6.31. The van der Waals surface area contributed by atoms with Crippen LogP contribution in [0.3, 0.4) is 0 Å². The van der Waals surface area contributed by atoms with E-state index >= 15 is 0 Å². The predicted molar refractivity (Wildman–Crippen MR) is 142 cm³/mol. The maximum absolute atomic E-state index is 12.8. The highest BCUT2D eigenvalue weighted by Crippen LogP contribution is 2.29. The van der Waals surface area contributed by atoms with Gasteiger partial charge in [0.2, 0.25) is 5.95 Å². The summed E-state index contributed by atoms with van der Waals surface area (Å²) >= 11 is 0. The molecule has 192 valence electrons. The van der Waals surface area contributed by atoms with Crippen LogP contribution in [0.25, 0.3) is 0 Å². The monoisotopic (exact) mass is 500 g/mol. The third-order valence-electron chi connectivity index (χ3n) is 7.09. The van der Waals surface area contributed by atoms with Crippen LogP contribution < -0.4 is 20.5 Å². The molecule has 0 radical (unpaired) electrons. The summed E-state index contributed by atoms with van der Waals surface area (Å²) in [6, 6.07) is 8.41. The van der Waals surface area contributed by atoms with Crippen molar-refractivity contribution in [3.05, 3.63) is 29.6 Å². The van der Waals surface area contributed by atoms with Gasteiger partial charge in [-0.2, -0.15) is 20.6 Å². The van der Waals surface area contributed by atoms with Gasteiger partial charge in [-0.15, -0.1) is 0 Å². The summed E-state index contributed by atoms with van der Waals surface area (Å²) in [5.74, 6) is 2.21. The Kier molecular flexibility index (Phi) is 8.47. The Hall–Kier alpha value is -4.25. The van der Waals surface area contributed by atoms with Crippen molar-refractivity contribution in [3.8, 4) is 12.1 Å². The summed E-state index contributed by atoms with van der Waals surface area (Å²) in [5, 5.41) is 24.7. The average molecular weight is 501 g/mol. The van der Waals surface area contributed by atoms with Crippen LogP contribution in [0.4, 0.5) is 23.3 Å². The number of hydrogen-bond acceptors (Lipinski definition) is 10. The van der Waals surface area contributed by atoms with E-state index in [9.17, 15) is 4.79 Å². The smallest absolute Gasteiger partial charge is 0.276 e. The van der Waals surface area contributed by atoms with E-state index in [1.54, 1.807) is 13.1 Å². The molecule has 0 unspecified atom stereocenters. The molecule has 4 heterocycles. The zero-order valence-corrected chi connectivity index (χ0v) is 21.2. The summed E-state index contributed by atoms with van der Waals surface area (Å²) in [6.45, 7) is 8.39. The van der Waals surface area contributed by atoms with E-state index in [0.29, 0.717) is 53.4 Å². The van der Waals surface area contributed by atoms with Crippen LogP contribution in [0.5, 0.6) is 0 Å². The highest BCUT2D eigenvalue weighted by Gasteiger charge is 2.25. The molecule has 2 aromatic rings. The number of anilines is 4. The lowest BCUT2D eigenvalue weighted by atomic mass is 9.94. The fourth-order valence-corrected chi connectivity index (χ4v) is 4.93. The number of amides is 1. The summed E-state index contributed by atoms with van der Waals surface area (Å²) < 4.78 is 0. The summed E-state index contributed by atoms with van der Waals surface area (Å²) in [6.07, 6.45) is 6.69.